The highest BCUT2D eigenvalue weighted by Gasteiger charge is 2.39. The first-order valence-electron chi connectivity index (χ1n) is 4.81. The predicted octanol–water partition coefficient (Wildman–Crippen LogP) is 0.148. The maximum Gasteiger partial charge on any atom is 0.320 e. The minimum Gasteiger partial charge on any atom is -0.468 e. The third-order valence-corrected chi connectivity index (χ3v) is 2.07. The van der Waals surface area contributed by atoms with Crippen LogP contribution in [0.3, 0.4) is 0 Å². The Morgan fingerprint density at radius 2 is 1.44 bits per heavy atom. The number of rotatable bonds is 5. The number of carbonyl (C=O) groups excluding carboxylic acids is 3. The van der Waals surface area contributed by atoms with Crippen molar-refractivity contribution in [3.8, 4) is 0 Å². The molecule has 0 aromatic heterocycles. The molecule has 0 bridgehead atoms. The SMILES string of the molecule is CCOC(=O)C(C)C(C(=O)OC)C(=O)OC. The third-order valence-electron chi connectivity index (χ3n) is 2.07. The molecule has 92 valence electrons. The highest BCUT2D eigenvalue weighted by Crippen LogP contribution is 2.16. The molecule has 0 saturated carbocycles. The van der Waals surface area contributed by atoms with E-state index in [1.807, 2.05) is 0 Å². The normalized spacial score (nSPS) is 11.8. The van der Waals surface area contributed by atoms with Crippen LogP contribution in [0.4, 0.5) is 0 Å². The summed E-state index contributed by atoms with van der Waals surface area (Å²) in [5.41, 5.74) is 0. The van der Waals surface area contributed by atoms with Gasteiger partial charge in [0.1, 0.15) is 0 Å². The molecule has 0 aromatic carbocycles. The molecule has 0 spiro atoms. The van der Waals surface area contributed by atoms with Crippen LogP contribution in [0.5, 0.6) is 0 Å². The molecule has 0 radical (unpaired) electrons. The number of esters is 3. The van der Waals surface area contributed by atoms with Gasteiger partial charge < -0.3 is 14.2 Å². The first-order valence-corrected chi connectivity index (χ1v) is 4.81. The first-order chi connectivity index (χ1) is 7.49. The van der Waals surface area contributed by atoms with Crippen LogP contribution in [-0.4, -0.2) is 38.7 Å². The molecule has 0 amide bonds. The summed E-state index contributed by atoms with van der Waals surface area (Å²) in [5, 5.41) is 0. The van der Waals surface area contributed by atoms with Crippen molar-refractivity contribution in [2.75, 3.05) is 20.8 Å². The average molecular weight is 232 g/mol. The second kappa shape index (κ2) is 6.81. The molecule has 0 aliphatic carbocycles. The van der Waals surface area contributed by atoms with E-state index in [9.17, 15) is 14.4 Å². The molecule has 0 aliphatic heterocycles. The smallest absolute Gasteiger partial charge is 0.320 e. The number of ether oxygens (including phenoxy) is 3. The molecule has 0 fully saturated rings. The largest absolute Gasteiger partial charge is 0.468 e. The monoisotopic (exact) mass is 232 g/mol. The maximum atomic E-state index is 11.4. The van der Waals surface area contributed by atoms with Crippen molar-refractivity contribution in [1.29, 1.82) is 0 Å². The molecule has 0 heterocycles. The molecule has 0 saturated heterocycles. The Morgan fingerprint density at radius 3 is 1.75 bits per heavy atom. The van der Waals surface area contributed by atoms with Gasteiger partial charge in [0.05, 0.1) is 26.7 Å². The van der Waals surface area contributed by atoms with Crippen LogP contribution in [0.2, 0.25) is 0 Å². The predicted molar refractivity (Wildman–Crippen MR) is 53.3 cm³/mol. The summed E-state index contributed by atoms with van der Waals surface area (Å²) in [4.78, 5) is 34.1. The molecule has 6 nitrogen and oxygen atoms in total. The lowest BCUT2D eigenvalue weighted by molar-refractivity contribution is -0.168. The van der Waals surface area contributed by atoms with Crippen LogP contribution in [0.15, 0.2) is 0 Å². The Hall–Kier alpha value is -1.59. The summed E-state index contributed by atoms with van der Waals surface area (Å²) in [5.74, 6) is -4.47. The molecule has 0 N–H and O–H groups in total. The van der Waals surface area contributed by atoms with E-state index in [0.717, 1.165) is 14.2 Å². The lowest BCUT2D eigenvalue weighted by atomic mass is 9.94. The quantitative estimate of drug-likeness (QED) is 0.381. The van der Waals surface area contributed by atoms with Crippen LogP contribution >= 0.6 is 0 Å². The fourth-order valence-corrected chi connectivity index (χ4v) is 1.17. The van der Waals surface area contributed by atoms with E-state index in [0.29, 0.717) is 0 Å². The molecule has 0 rings (SSSR count). The van der Waals surface area contributed by atoms with Crippen LogP contribution in [0.1, 0.15) is 13.8 Å². The van der Waals surface area contributed by atoms with E-state index in [1.165, 1.54) is 6.92 Å². The van der Waals surface area contributed by atoms with Gasteiger partial charge in [0.25, 0.3) is 0 Å². The summed E-state index contributed by atoms with van der Waals surface area (Å²) in [7, 11) is 2.27. The van der Waals surface area contributed by atoms with Crippen molar-refractivity contribution < 1.29 is 28.6 Å². The summed E-state index contributed by atoms with van der Waals surface area (Å²) >= 11 is 0. The Morgan fingerprint density at radius 1 is 1.00 bits per heavy atom. The summed E-state index contributed by atoms with van der Waals surface area (Å²) in [6.45, 7) is 3.23. The van der Waals surface area contributed by atoms with Crippen molar-refractivity contribution in [1.82, 2.24) is 0 Å². The fraction of sp³-hybridized carbons (Fsp3) is 0.700. The van der Waals surface area contributed by atoms with Crippen molar-refractivity contribution in [3.05, 3.63) is 0 Å². The number of methoxy groups -OCH3 is 2. The fourth-order valence-electron chi connectivity index (χ4n) is 1.17. The standard InChI is InChI=1S/C10H16O6/c1-5-16-8(11)6(2)7(9(12)14-3)10(13)15-4/h6-7H,5H2,1-4H3. The lowest BCUT2D eigenvalue weighted by Gasteiger charge is -2.17. The van der Waals surface area contributed by atoms with Gasteiger partial charge in [0.15, 0.2) is 5.92 Å². The van der Waals surface area contributed by atoms with Gasteiger partial charge in [0.2, 0.25) is 0 Å². The van der Waals surface area contributed by atoms with Crippen LogP contribution in [0, 0.1) is 11.8 Å². The van der Waals surface area contributed by atoms with Crippen molar-refractivity contribution in [3.63, 3.8) is 0 Å². The van der Waals surface area contributed by atoms with Gasteiger partial charge in [-0.25, -0.2) is 0 Å². The van der Waals surface area contributed by atoms with Crippen LogP contribution < -0.4 is 0 Å². The third kappa shape index (κ3) is 3.52. The number of hydrogen-bond donors (Lipinski definition) is 0. The molecule has 0 aromatic rings. The van der Waals surface area contributed by atoms with Gasteiger partial charge in [-0.05, 0) is 6.92 Å². The van der Waals surface area contributed by atoms with Gasteiger partial charge in [-0.2, -0.15) is 0 Å². The van der Waals surface area contributed by atoms with E-state index < -0.39 is 29.7 Å². The Kier molecular flexibility index (Phi) is 6.14. The Bertz CT molecular complexity index is 256. The molecule has 0 aliphatic rings. The minimum atomic E-state index is -1.28. The number of hydrogen-bond acceptors (Lipinski definition) is 6. The summed E-state index contributed by atoms with van der Waals surface area (Å²) in [6.07, 6.45) is 0. The van der Waals surface area contributed by atoms with Crippen molar-refractivity contribution in [2.24, 2.45) is 11.8 Å². The van der Waals surface area contributed by atoms with Gasteiger partial charge in [0, 0.05) is 0 Å². The molecular formula is C10H16O6. The van der Waals surface area contributed by atoms with E-state index in [2.05, 4.69) is 9.47 Å². The maximum absolute atomic E-state index is 11.4. The summed E-state index contributed by atoms with van der Waals surface area (Å²) < 4.78 is 13.6. The van der Waals surface area contributed by atoms with Gasteiger partial charge in [-0.1, -0.05) is 6.92 Å². The van der Waals surface area contributed by atoms with Crippen molar-refractivity contribution >= 4 is 17.9 Å². The van der Waals surface area contributed by atoms with E-state index in [-0.39, 0.29) is 6.61 Å². The van der Waals surface area contributed by atoms with E-state index >= 15 is 0 Å². The van der Waals surface area contributed by atoms with Gasteiger partial charge >= 0.3 is 17.9 Å². The van der Waals surface area contributed by atoms with Crippen LogP contribution in [-0.2, 0) is 28.6 Å². The highest BCUT2D eigenvalue weighted by atomic mass is 16.5. The molecule has 16 heavy (non-hydrogen) atoms. The first kappa shape index (κ1) is 14.4. The van der Waals surface area contributed by atoms with Crippen LogP contribution in [0.25, 0.3) is 0 Å². The molecular weight excluding hydrogens is 216 g/mol. The van der Waals surface area contributed by atoms with Gasteiger partial charge in [-0.3, -0.25) is 14.4 Å². The molecule has 1 atom stereocenters. The Labute approximate surface area is 93.8 Å². The minimum absolute atomic E-state index is 0.179. The number of carbonyl (C=O) groups is 3. The second-order valence-corrected chi connectivity index (χ2v) is 3.06. The Balaban J connectivity index is 4.82. The molecule has 1 unspecified atom stereocenters. The average Bonchev–Trinajstić information content (AvgIpc) is 2.28. The van der Waals surface area contributed by atoms with Gasteiger partial charge in [-0.15, -0.1) is 0 Å². The second-order valence-electron chi connectivity index (χ2n) is 3.06. The zero-order chi connectivity index (χ0) is 12.7. The molecule has 6 heteroatoms. The summed E-state index contributed by atoms with van der Waals surface area (Å²) in [6, 6.07) is 0. The van der Waals surface area contributed by atoms with E-state index in [4.69, 9.17) is 4.74 Å². The van der Waals surface area contributed by atoms with Crippen molar-refractivity contribution in [2.45, 2.75) is 13.8 Å². The zero-order valence-electron chi connectivity index (χ0n) is 9.81. The van der Waals surface area contributed by atoms with E-state index in [1.54, 1.807) is 6.92 Å². The zero-order valence-corrected chi connectivity index (χ0v) is 9.81. The lowest BCUT2D eigenvalue weighted by Crippen LogP contribution is -2.36. The topological polar surface area (TPSA) is 78.9 Å². The highest BCUT2D eigenvalue weighted by molar-refractivity contribution is 5.98.